The highest BCUT2D eigenvalue weighted by molar-refractivity contribution is 9.10. The van der Waals surface area contributed by atoms with Gasteiger partial charge in [-0.3, -0.25) is 9.59 Å². The molecule has 2 aromatic carbocycles. The van der Waals surface area contributed by atoms with E-state index >= 15 is 0 Å². The van der Waals surface area contributed by atoms with Crippen molar-refractivity contribution in [2.75, 3.05) is 25.1 Å². The highest BCUT2D eigenvalue weighted by atomic mass is 79.9. The normalized spacial score (nSPS) is 10.0. The van der Waals surface area contributed by atoms with E-state index in [0.717, 1.165) is 10.2 Å². The third kappa shape index (κ3) is 6.46. The number of nitrogens with one attached hydrogen (secondary N) is 2. The molecule has 0 saturated heterocycles. The van der Waals surface area contributed by atoms with E-state index in [9.17, 15) is 9.59 Å². The summed E-state index contributed by atoms with van der Waals surface area (Å²) >= 11 is 3.34. The van der Waals surface area contributed by atoms with Crippen LogP contribution in [0.1, 0.15) is 6.92 Å². The van der Waals surface area contributed by atoms with Crippen LogP contribution in [0.5, 0.6) is 11.5 Å². The Morgan fingerprint density at radius 2 is 1.60 bits per heavy atom. The number of para-hydroxylation sites is 1. The number of benzene rings is 2. The van der Waals surface area contributed by atoms with Crippen LogP contribution >= 0.6 is 15.9 Å². The van der Waals surface area contributed by atoms with Crippen molar-refractivity contribution in [1.29, 1.82) is 0 Å². The summed E-state index contributed by atoms with van der Waals surface area (Å²) in [4.78, 5) is 23.6. The molecular weight excluding hydrogens is 388 g/mol. The first-order valence-electron chi connectivity index (χ1n) is 7.75. The predicted molar refractivity (Wildman–Crippen MR) is 98.9 cm³/mol. The van der Waals surface area contributed by atoms with Gasteiger partial charge < -0.3 is 20.1 Å². The first-order valence-corrected chi connectivity index (χ1v) is 8.54. The molecule has 0 aromatic heterocycles. The molecule has 2 rings (SSSR count). The molecule has 0 saturated carbocycles. The van der Waals surface area contributed by atoms with E-state index in [1.165, 1.54) is 0 Å². The van der Waals surface area contributed by atoms with Crippen molar-refractivity contribution in [2.24, 2.45) is 0 Å². The summed E-state index contributed by atoms with van der Waals surface area (Å²) in [6, 6.07) is 14.2. The zero-order chi connectivity index (χ0) is 18.1. The van der Waals surface area contributed by atoms with Crippen molar-refractivity contribution in [2.45, 2.75) is 6.92 Å². The number of amides is 2. The van der Waals surface area contributed by atoms with Gasteiger partial charge in [-0.1, -0.05) is 12.1 Å². The van der Waals surface area contributed by atoms with Crippen LogP contribution in [0, 0.1) is 0 Å². The lowest BCUT2D eigenvalue weighted by Crippen LogP contribution is -2.35. The van der Waals surface area contributed by atoms with Crippen LogP contribution in [0.4, 0.5) is 5.69 Å². The van der Waals surface area contributed by atoms with Gasteiger partial charge in [0.05, 0.1) is 18.8 Å². The van der Waals surface area contributed by atoms with Crippen molar-refractivity contribution in [3.05, 3.63) is 53.0 Å². The summed E-state index contributed by atoms with van der Waals surface area (Å²) in [5.74, 6) is 0.594. The van der Waals surface area contributed by atoms with E-state index in [-0.39, 0.29) is 25.0 Å². The highest BCUT2D eigenvalue weighted by Gasteiger charge is 2.08. The van der Waals surface area contributed by atoms with Gasteiger partial charge in [0.2, 0.25) is 5.91 Å². The number of ether oxygens (including phenoxy) is 2. The minimum atomic E-state index is -0.379. The number of carbonyl (C=O) groups excluding carboxylic acids is 2. The Balaban J connectivity index is 1.71. The maximum atomic E-state index is 11.8. The number of rotatable bonds is 8. The first-order chi connectivity index (χ1) is 12.1. The molecular formula is C18H19BrN2O4. The van der Waals surface area contributed by atoms with Gasteiger partial charge in [0.15, 0.2) is 6.61 Å². The first kappa shape index (κ1) is 18.8. The number of anilines is 1. The van der Waals surface area contributed by atoms with E-state index in [0.29, 0.717) is 18.0 Å². The second-order valence-electron chi connectivity index (χ2n) is 5.00. The average Bonchev–Trinajstić information content (AvgIpc) is 2.61. The van der Waals surface area contributed by atoms with Crippen LogP contribution in [0.2, 0.25) is 0 Å². The Kier molecular flexibility index (Phi) is 7.28. The molecule has 0 heterocycles. The molecule has 2 amide bonds. The van der Waals surface area contributed by atoms with E-state index in [1.54, 1.807) is 30.3 Å². The largest absolute Gasteiger partial charge is 0.494 e. The molecule has 0 aliphatic carbocycles. The van der Waals surface area contributed by atoms with Crippen LogP contribution in [0.15, 0.2) is 53.0 Å². The summed E-state index contributed by atoms with van der Waals surface area (Å²) in [7, 11) is 0. The lowest BCUT2D eigenvalue weighted by atomic mass is 10.3. The van der Waals surface area contributed by atoms with Gasteiger partial charge in [0.1, 0.15) is 11.5 Å². The third-order valence-electron chi connectivity index (χ3n) is 3.10. The molecule has 0 spiro atoms. The van der Waals surface area contributed by atoms with Crippen molar-refractivity contribution in [3.63, 3.8) is 0 Å². The average molecular weight is 407 g/mol. The van der Waals surface area contributed by atoms with E-state index in [1.807, 2.05) is 25.1 Å². The molecule has 7 heteroatoms. The maximum Gasteiger partial charge on any atom is 0.258 e. The number of hydrogen-bond acceptors (Lipinski definition) is 4. The second kappa shape index (κ2) is 9.68. The Labute approximate surface area is 154 Å². The summed E-state index contributed by atoms with van der Waals surface area (Å²) in [5, 5.41) is 5.21. The monoisotopic (exact) mass is 406 g/mol. The maximum absolute atomic E-state index is 11.8. The Morgan fingerprint density at radius 1 is 0.960 bits per heavy atom. The molecule has 0 fully saturated rings. The highest BCUT2D eigenvalue weighted by Crippen LogP contribution is 2.20. The van der Waals surface area contributed by atoms with Gasteiger partial charge >= 0.3 is 0 Å². The minimum absolute atomic E-state index is 0.132. The lowest BCUT2D eigenvalue weighted by Gasteiger charge is -2.09. The molecule has 132 valence electrons. The number of hydrogen-bond donors (Lipinski definition) is 2. The molecule has 25 heavy (non-hydrogen) atoms. The van der Waals surface area contributed by atoms with Gasteiger partial charge in [0, 0.05) is 4.47 Å². The molecule has 2 N–H and O–H groups in total. The van der Waals surface area contributed by atoms with Gasteiger partial charge in [0.25, 0.3) is 5.91 Å². The van der Waals surface area contributed by atoms with Crippen LogP contribution in [0.3, 0.4) is 0 Å². The van der Waals surface area contributed by atoms with Crippen LogP contribution in [-0.4, -0.2) is 31.6 Å². The molecule has 0 aliphatic rings. The minimum Gasteiger partial charge on any atom is -0.494 e. The van der Waals surface area contributed by atoms with Crippen molar-refractivity contribution < 1.29 is 19.1 Å². The number of carbonyl (C=O) groups is 2. The SMILES string of the molecule is CCOc1ccc(OCC(=O)NCC(=O)Nc2ccccc2Br)cc1. The molecule has 0 unspecified atom stereocenters. The van der Waals surface area contributed by atoms with Crippen LogP contribution in [-0.2, 0) is 9.59 Å². The zero-order valence-electron chi connectivity index (χ0n) is 13.8. The quantitative estimate of drug-likeness (QED) is 0.706. The fourth-order valence-corrected chi connectivity index (χ4v) is 2.32. The van der Waals surface area contributed by atoms with Gasteiger partial charge in [-0.25, -0.2) is 0 Å². The van der Waals surface area contributed by atoms with Crippen LogP contribution < -0.4 is 20.1 Å². The topological polar surface area (TPSA) is 76.7 Å². The molecule has 2 aromatic rings. The standard InChI is InChI=1S/C18H19BrN2O4/c1-2-24-13-7-9-14(10-8-13)25-12-18(23)20-11-17(22)21-16-6-4-3-5-15(16)19/h3-10H,2,11-12H2,1H3,(H,20,23)(H,21,22). The Morgan fingerprint density at radius 3 is 2.24 bits per heavy atom. The molecule has 0 radical (unpaired) electrons. The predicted octanol–water partition coefficient (Wildman–Crippen LogP) is 2.98. The smallest absolute Gasteiger partial charge is 0.258 e. The number of halogens is 1. The van der Waals surface area contributed by atoms with E-state index < -0.39 is 0 Å². The van der Waals surface area contributed by atoms with E-state index in [2.05, 4.69) is 26.6 Å². The third-order valence-corrected chi connectivity index (χ3v) is 3.79. The molecule has 0 atom stereocenters. The zero-order valence-corrected chi connectivity index (χ0v) is 15.3. The van der Waals surface area contributed by atoms with Crippen molar-refractivity contribution in [1.82, 2.24) is 5.32 Å². The Bertz CT molecular complexity index is 719. The molecule has 0 aliphatic heterocycles. The molecule has 6 nitrogen and oxygen atoms in total. The molecule has 0 bridgehead atoms. The second-order valence-corrected chi connectivity index (χ2v) is 5.85. The van der Waals surface area contributed by atoms with Crippen LogP contribution in [0.25, 0.3) is 0 Å². The van der Waals surface area contributed by atoms with Gasteiger partial charge in [-0.2, -0.15) is 0 Å². The summed E-state index contributed by atoms with van der Waals surface area (Å²) < 4.78 is 11.5. The van der Waals surface area contributed by atoms with E-state index in [4.69, 9.17) is 9.47 Å². The van der Waals surface area contributed by atoms with Crippen molar-refractivity contribution >= 4 is 33.4 Å². The van der Waals surface area contributed by atoms with Gasteiger partial charge in [-0.15, -0.1) is 0 Å². The lowest BCUT2D eigenvalue weighted by molar-refractivity contribution is -0.125. The van der Waals surface area contributed by atoms with Crippen molar-refractivity contribution in [3.8, 4) is 11.5 Å². The summed E-state index contributed by atoms with van der Waals surface area (Å²) in [5.41, 5.74) is 0.646. The fourth-order valence-electron chi connectivity index (χ4n) is 1.93. The summed E-state index contributed by atoms with van der Waals surface area (Å²) in [6.45, 7) is 2.19. The van der Waals surface area contributed by atoms with Gasteiger partial charge in [-0.05, 0) is 59.3 Å². The fraction of sp³-hybridized carbons (Fsp3) is 0.222. The summed E-state index contributed by atoms with van der Waals surface area (Å²) in [6.07, 6.45) is 0. The Hall–Kier alpha value is -2.54.